The summed E-state index contributed by atoms with van der Waals surface area (Å²) in [4.78, 5) is 71.4. The van der Waals surface area contributed by atoms with Gasteiger partial charge in [-0.1, -0.05) is 76.6 Å². The number of anilines is 2. The van der Waals surface area contributed by atoms with E-state index in [1.807, 2.05) is 125 Å². The molecule has 2 aliphatic heterocycles. The van der Waals surface area contributed by atoms with Gasteiger partial charge in [-0.15, -0.1) is 0 Å². The minimum absolute atomic E-state index is 0.0103. The smallest absolute Gasteiger partial charge is 0.410 e. The Kier molecular flexibility index (Phi) is 26.5. The number of urea groups is 2. The molecular formula is C69H100N8O12. The predicted molar refractivity (Wildman–Crippen MR) is 346 cm³/mol. The fraction of sp³-hybridized carbons (Fsp3) is 0.580. The molecule has 0 unspecified atom stereocenters. The van der Waals surface area contributed by atoms with Gasteiger partial charge in [-0.25, -0.2) is 14.4 Å². The van der Waals surface area contributed by atoms with Crippen LogP contribution in [0.5, 0.6) is 23.0 Å². The van der Waals surface area contributed by atoms with Crippen molar-refractivity contribution in [1.82, 2.24) is 30.7 Å². The minimum atomic E-state index is -0.639. The van der Waals surface area contributed by atoms with Crippen LogP contribution in [0, 0.1) is 11.8 Å². The summed E-state index contributed by atoms with van der Waals surface area (Å²) < 4.78 is 41.2. The van der Waals surface area contributed by atoms with Gasteiger partial charge in [0.15, 0.2) is 0 Å². The number of hydrogen-bond donors (Lipinski definition) is 5. The zero-order valence-electron chi connectivity index (χ0n) is 54.6. The van der Waals surface area contributed by atoms with Crippen LogP contribution in [0.2, 0.25) is 0 Å². The normalized spacial score (nSPS) is 20.0. The quantitative estimate of drug-likeness (QED) is 0.0557. The summed E-state index contributed by atoms with van der Waals surface area (Å²) in [6.07, 6.45) is 10.2. The molecule has 2 heterocycles. The van der Waals surface area contributed by atoms with Crippen molar-refractivity contribution in [2.45, 2.75) is 181 Å². The average Bonchev–Trinajstić information content (AvgIpc) is 2.34. The Bertz CT molecular complexity index is 2890. The van der Waals surface area contributed by atoms with Crippen LogP contribution in [0.15, 0.2) is 84.9 Å². The predicted octanol–water partition coefficient (Wildman–Crippen LogP) is 11.1. The second-order valence-corrected chi connectivity index (χ2v) is 25.6. The SMILES string of the molecule is CNC[C@@H]1Oc2ccc(NC(=O)NC3CCCCC3)cc2CC(=O)N([C@@H](C)COCc2ccc(OC)cc2)C[C@H]1C.COc1ccc(COC[C@H](C)N2C[C@@H](C)[C@H](CN(C)C(=O)OC(C)(C)C)Oc3ccc(NC(=O)NC4CCCCC4)cc3CC2=O)cc1. The Labute approximate surface area is 528 Å². The van der Waals surface area contributed by atoms with E-state index in [1.165, 1.54) is 17.7 Å². The van der Waals surface area contributed by atoms with E-state index in [0.717, 1.165) is 79.6 Å². The lowest BCUT2D eigenvalue weighted by Gasteiger charge is -2.34. The van der Waals surface area contributed by atoms with E-state index in [-0.39, 0.29) is 85.4 Å². The van der Waals surface area contributed by atoms with Gasteiger partial charge in [0, 0.05) is 73.1 Å². The average molecular weight is 1230 g/mol. The first-order chi connectivity index (χ1) is 42.7. The summed E-state index contributed by atoms with van der Waals surface area (Å²) in [6, 6.07) is 26.0. The fourth-order valence-corrected chi connectivity index (χ4v) is 11.7. The maximum absolute atomic E-state index is 14.0. The van der Waals surface area contributed by atoms with Gasteiger partial charge in [0.2, 0.25) is 11.8 Å². The third-order valence-corrected chi connectivity index (χ3v) is 16.8. The van der Waals surface area contributed by atoms with E-state index in [2.05, 4.69) is 33.5 Å². The van der Waals surface area contributed by atoms with E-state index >= 15 is 0 Å². The summed E-state index contributed by atoms with van der Waals surface area (Å²) in [7, 11) is 6.87. The molecule has 7 amide bonds. The van der Waals surface area contributed by atoms with E-state index in [0.29, 0.717) is 74.5 Å². The van der Waals surface area contributed by atoms with Crippen molar-refractivity contribution in [3.05, 3.63) is 107 Å². The summed E-state index contributed by atoms with van der Waals surface area (Å²) in [5.41, 5.74) is 4.06. The lowest BCUT2D eigenvalue weighted by atomic mass is 9.96. The number of carbonyl (C=O) groups excluding carboxylic acids is 5. The first-order valence-electron chi connectivity index (χ1n) is 32.0. The van der Waals surface area contributed by atoms with Gasteiger partial charge in [-0.05, 0) is 139 Å². The Morgan fingerprint density at radius 3 is 1.44 bits per heavy atom. The second-order valence-electron chi connectivity index (χ2n) is 25.6. The van der Waals surface area contributed by atoms with Crippen LogP contribution in [-0.4, -0.2) is 154 Å². The number of nitrogens with zero attached hydrogens (tertiary/aromatic N) is 3. The largest absolute Gasteiger partial charge is 0.497 e. The topological polar surface area (TPSA) is 220 Å². The number of rotatable bonds is 20. The first kappa shape index (κ1) is 69.2. The molecule has 20 heteroatoms. The van der Waals surface area contributed by atoms with Crippen LogP contribution in [0.1, 0.15) is 135 Å². The molecule has 4 aromatic rings. The lowest BCUT2D eigenvalue weighted by molar-refractivity contribution is -0.135. The van der Waals surface area contributed by atoms with Gasteiger partial charge in [0.05, 0.1) is 72.1 Å². The number of ether oxygens (including phenoxy) is 7. The highest BCUT2D eigenvalue weighted by Crippen LogP contribution is 2.32. The molecule has 2 saturated carbocycles. The Morgan fingerprint density at radius 2 is 1.03 bits per heavy atom. The monoisotopic (exact) mass is 1230 g/mol. The molecule has 0 bridgehead atoms. The molecule has 0 radical (unpaired) electrons. The van der Waals surface area contributed by atoms with Gasteiger partial charge >= 0.3 is 18.2 Å². The van der Waals surface area contributed by atoms with Gasteiger partial charge in [0.1, 0.15) is 40.8 Å². The van der Waals surface area contributed by atoms with E-state index in [9.17, 15) is 24.0 Å². The zero-order chi connectivity index (χ0) is 64.0. The molecule has 4 aliphatic rings. The van der Waals surface area contributed by atoms with E-state index in [4.69, 9.17) is 33.2 Å². The van der Waals surface area contributed by atoms with Crippen LogP contribution in [-0.2, 0) is 49.9 Å². The molecule has 5 N–H and O–H groups in total. The molecule has 2 aliphatic carbocycles. The Morgan fingerprint density at radius 1 is 0.618 bits per heavy atom. The maximum Gasteiger partial charge on any atom is 0.410 e. The highest BCUT2D eigenvalue weighted by Gasteiger charge is 2.35. The molecule has 89 heavy (non-hydrogen) atoms. The highest BCUT2D eigenvalue weighted by atomic mass is 16.6. The van der Waals surface area contributed by atoms with Crippen molar-refractivity contribution in [2.75, 3.05) is 78.3 Å². The molecule has 20 nitrogen and oxygen atoms in total. The molecule has 0 spiro atoms. The van der Waals surface area contributed by atoms with Crippen LogP contribution in [0.3, 0.4) is 0 Å². The third kappa shape index (κ3) is 22.0. The van der Waals surface area contributed by atoms with Gasteiger partial charge in [-0.3, -0.25) is 9.59 Å². The number of fused-ring (bicyclic) bond motifs is 2. The van der Waals surface area contributed by atoms with Crippen LogP contribution in [0.25, 0.3) is 0 Å². The van der Waals surface area contributed by atoms with Crippen molar-refractivity contribution in [1.29, 1.82) is 0 Å². The molecule has 4 aromatic carbocycles. The van der Waals surface area contributed by atoms with Crippen LogP contribution < -0.4 is 45.5 Å². The second kappa shape index (κ2) is 34.1. The minimum Gasteiger partial charge on any atom is -0.497 e. The van der Waals surface area contributed by atoms with Crippen molar-refractivity contribution < 1.29 is 57.1 Å². The van der Waals surface area contributed by atoms with Crippen molar-refractivity contribution in [3.63, 3.8) is 0 Å². The molecule has 6 atom stereocenters. The summed E-state index contributed by atoms with van der Waals surface area (Å²) in [5.74, 6) is 2.68. The molecule has 488 valence electrons. The number of nitrogens with one attached hydrogen (secondary N) is 5. The number of methoxy groups -OCH3 is 2. The zero-order valence-corrected chi connectivity index (χ0v) is 54.6. The lowest BCUT2D eigenvalue weighted by Crippen LogP contribution is -2.48. The Hall–Kier alpha value is -7.29. The van der Waals surface area contributed by atoms with E-state index in [1.54, 1.807) is 39.5 Å². The standard InChI is InChI=1S/C37H54N4O7.C32H46N4O5/c1-25-21-41(26(2)23-46-24-27-13-16-31(45-7)17-14-27)34(42)20-28-19-30(39-35(43)38-29-11-9-8-10-12-29)15-18-32(28)47-33(25)22-40(6)36(44)48-37(3,4)5;1-22-19-36(23(2)20-40-21-24-10-13-28(39-4)14-11-24)31(37)17-25-16-27(12-15-29(25)41-30(22)18-33-3)35-32(38)34-26-8-6-5-7-9-26/h13-19,25-26,29,33H,8-12,20-24H2,1-7H3,(H2,38,39,43);10-16,22-23,26,30,33H,5-9,17-21H2,1-4H3,(H2,34,35,38)/t25-,26+,33+;22-,23+,30+/m11/s1. The van der Waals surface area contributed by atoms with Crippen molar-refractivity contribution in [2.24, 2.45) is 11.8 Å². The van der Waals surface area contributed by atoms with Crippen LogP contribution >= 0.6 is 0 Å². The van der Waals surface area contributed by atoms with E-state index < -0.39 is 17.8 Å². The number of hydrogen-bond acceptors (Lipinski definition) is 13. The number of likely N-dealkylation sites (N-methyl/N-ethyl adjacent to an activating group) is 2. The van der Waals surface area contributed by atoms with Crippen LogP contribution in [0.4, 0.5) is 25.8 Å². The molecule has 0 aromatic heterocycles. The summed E-state index contributed by atoms with van der Waals surface area (Å²) >= 11 is 0. The Balaban J connectivity index is 0.000000257. The first-order valence-corrected chi connectivity index (χ1v) is 32.0. The number of carbonyl (C=O) groups is 5. The fourth-order valence-electron chi connectivity index (χ4n) is 11.7. The van der Waals surface area contributed by atoms with Gasteiger partial charge < -0.3 is 74.4 Å². The molecular weight excluding hydrogens is 1130 g/mol. The number of amides is 7. The van der Waals surface area contributed by atoms with Crippen molar-refractivity contribution >= 4 is 41.3 Å². The maximum atomic E-state index is 14.0. The van der Waals surface area contributed by atoms with Gasteiger partial charge in [0.25, 0.3) is 0 Å². The number of benzene rings is 4. The highest BCUT2D eigenvalue weighted by molar-refractivity contribution is 5.91. The molecule has 2 fully saturated rings. The van der Waals surface area contributed by atoms with Gasteiger partial charge in [-0.2, -0.15) is 0 Å². The van der Waals surface area contributed by atoms with Crippen molar-refractivity contribution in [3.8, 4) is 23.0 Å². The summed E-state index contributed by atoms with van der Waals surface area (Å²) in [5, 5.41) is 15.3. The molecule has 8 rings (SSSR count). The summed E-state index contributed by atoms with van der Waals surface area (Å²) in [6.45, 7) is 17.1. The third-order valence-electron chi connectivity index (χ3n) is 16.8. The molecule has 0 saturated heterocycles.